The number of nitrogens with zero attached hydrogens (tertiary/aromatic N) is 2. The number of carbonyl (C=O) groups is 2. The summed E-state index contributed by atoms with van der Waals surface area (Å²) >= 11 is 0. The third-order valence-electron chi connectivity index (χ3n) is 5.74. The number of likely N-dealkylation sites (tertiary alicyclic amines) is 1. The van der Waals surface area contributed by atoms with Gasteiger partial charge in [0.2, 0.25) is 0 Å². The molecule has 0 spiro atoms. The van der Waals surface area contributed by atoms with E-state index in [9.17, 15) is 19.8 Å². The first-order valence-electron chi connectivity index (χ1n) is 11.2. The van der Waals surface area contributed by atoms with Crippen LogP contribution < -0.4 is 9.47 Å². The Hall–Kier alpha value is -4.33. The van der Waals surface area contributed by atoms with Crippen molar-refractivity contribution in [1.82, 2.24) is 9.88 Å². The number of aliphatic hydroxyl groups excluding tert-OH is 1. The van der Waals surface area contributed by atoms with Crippen LogP contribution >= 0.6 is 0 Å². The van der Waals surface area contributed by atoms with Crippen LogP contribution in [0.25, 0.3) is 5.76 Å². The van der Waals surface area contributed by atoms with Gasteiger partial charge in [0.05, 0.1) is 25.3 Å². The Labute approximate surface area is 203 Å². The van der Waals surface area contributed by atoms with Gasteiger partial charge in [0.25, 0.3) is 11.7 Å². The molecule has 0 radical (unpaired) electrons. The Morgan fingerprint density at radius 3 is 2.54 bits per heavy atom. The average molecular weight is 475 g/mol. The van der Waals surface area contributed by atoms with E-state index in [1.807, 2.05) is 6.92 Å². The van der Waals surface area contributed by atoms with E-state index >= 15 is 0 Å². The molecule has 1 aromatic heterocycles. The molecule has 1 atom stereocenters. The van der Waals surface area contributed by atoms with Gasteiger partial charge < -0.3 is 24.6 Å². The zero-order valence-electron chi connectivity index (χ0n) is 19.5. The number of aromatic nitrogens is 1. The number of ether oxygens (including phenoxy) is 2. The molecule has 0 saturated carbocycles. The second kappa shape index (κ2) is 10.3. The van der Waals surface area contributed by atoms with Crippen molar-refractivity contribution in [3.8, 4) is 17.2 Å². The molecule has 2 heterocycles. The standard InChI is InChI=1S/C27H26N2O6/c1-3-13-35-20-9-6-18(7-10-20)25(31)23-24(19-8-11-21(30)22(14-19)34-2)29(27(33)26(23)32)16-17-5-4-12-28-15-17/h4-12,14-15,24,30-31H,3,13,16H2,1-2H3/b25-23+/t24-/m0/s1. The first kappa shape index (κ1) is 23.8. The number of phenols is 1. The third-order valence-corrected chi connectivity index (χ3v) is 5.74. The van der Waals surface area contributed by atoms with Gasteiger partial charge in [0.1, 0.15) is 11.5 Å². The van der Waals surface area contributed by atoms with Crippen LogP contribution in [0.5, 0.6) is 17.2 Å². The molecule has 8 heteroatoms. The molecule has 0 bridgehead atoms. The lowest BCUT2D eigenvalue weighted by atomic mass is 9.95. The van der Waals surface area contributed by atoms with Crippen molar-refractivity contribution in [2.75, 3.05) is 13.7 Å². The van der Waals surface area contributed by atoms with Crippen LogP contribution in [-0.4, -0.2) is 45.5 Å². The van der Waals surface area contributed by atoms with E-state index in [4.69, 9.17) is 9.47 Å². The van der Waals surface area contributed by atoms with Gasteiger partial charge in [-0.05, 0) is 60.0 Å². The van der Waals surface area contributed by atoms with Crippen molar-refractivity contribution in [3.63, 3.8) is 0 Å². The highest BCUT2D eigenvalue weighted by molar-refractivity contribution is 6.46. The first-order valence-corrected chi connectivity index (χ1v) is 11.2. The molecule has 1 amide bonds. The lowest BCUT2D eigenvalue weighted by Gasteiger charge is -2.25. The molecule has 1 saturated heterocycles. The zero-order valence-corrected chi connectivity index (χ0v) is 19.5. The number of hydrogen-bond donors (Lipinski definition) is 2. The maximum absolute atomic E-state index is 13.2. The Morgan fingerprint density at radius 1 is 1.11 bits per heavy atom. The van der Waals surface area contributed by atoms with Gasteiger partial charge >= 0.3 is 0 Å². The summed E-state index contributed by atoms with van der Waals surface area (Å²) in [7, 11) is 1.41. The SMILES string of the molecule is CCCOc1ccc(/C(O)=C2\C(=O)C(=O)N(Cc3cccnc3)[C@H]2c2ccc(O)c(OC)c2)cc1. The van der Waals surface area contributed by atoms with E-state index in [0.29, 0.717) is 23.5 Å². The average Bonchev–Trinajstić information content (AvgIpc) is 3.13. The molecule has 1 aliphatic heterocycles. The fourth-order valence-corrected chi connectivity index (χ4v) is 4.03. The van der Waals surface area contributed by atoms with Gasteiger partial charge in [-0.15, -0.1) is 0 Å². The molecule has 35 heavy (non-hydrogen) atoms. The van der Waals surface area contributed by atoms with Gasteiger partial charge in [-0.2, -0.15) is 0 Å². The molecule has 180 valence electrons. The van der Waals surface area contributed by atoms with Gasteiger partial charge in [-0.25, -0.2) is 0 Å². The van der Waals surface area contributed by atoms with Crippen molar-refractivity contribution < 1.29 is 29.3 Å². The number of amides is 1. The van der Waals surface area contributed by atoms with Crippen LogP contribution in [-0.2, 0) is 16.1 Å². The largest absolute Gasteiger partial charge is 0.507 e. The summed E-state index contributed by atoms with van der Waals surface area (Å²) in [5.74, 6) is -1.09. The molecule has 3 aromatic rings. The highest BCUT2D eigenvalue weighted by atomic mass is 16.5. The number of hydrogen-bond acceptors (Lipinski definition) is 7. The predicted molar refractivity (Wildman–Crippen MR) is 129 cm³/mol. The highest BCUT2D eigenvalue weighted by Crippen LogP contribution is 2.42. The lowest BCUT2D eigenvalue weighted by molar-refractivity contribution is -0.140. The monoisotopic (exact) mass is 474 g/mol. The van der Waals surface area contributed by atoms with Gasteiger partial charge in [-0.1, -0.05) is 19.1 Å². The maximum Gasteiger partial charge on any atom is 0.295 e. The molecule has 4 rings (SSSR count). The number of aromatic hydroxyl groups is 1. The van der Waals surface area contributed by atoms with E-state index in [-0.39, 0.29) is 29.4 Å². The summed E-state index contributed by atoms with van der Waals surface area (Å²) < 4.78 is 10.8. The minimum Gasteiger partial charge on any atom is -0.507 e. The number of aliphatic hydroxyl groups is 1. The summed E-state index contributed by atoms with van der Waals surface area (Å²) in [5.41, 5.74) is 1.56. The van der Waals surface area contributed by atoms with Gasteiger partial charge in [-0.3, -0.25) is 14.6 Å². The molecule has 0 aliphatic carbocycles. The van der Waals surface area contributed by atoms with Crippen molar-refractivity contribution in [1.29, 1.82) is 0 Å². The maximum atomic E-state index is 13.2. The van der Waals surface area contributed by atoms with E-state index in [0.717, 1.165) is 12.0 Å². The Morgan fingerprint density at radius 2 is 1.89 bits per heavy atom. The van der Waals surface area contributed by atoms with Crippen molar-refractivity contribution in [3.05, 3.63) is 89.3 Å². The summed E-state index contributed by atoms with van der Waals surface area (Å²) in [4.78, 5) is 31.8. The Balaban J connectivity index is 1.82. The summed E-state index contributed by atoms with van der Waals surface area (Å²) in [6, 6.07) is 13.9. The van der Waals surface area contributed by atoms with Crippen LogP contribution in [0.4, 0.5) is 0 Å². The number of pyridine rings is 1. The quantitative estimate of drug-likeness (QED) is 0.286. The Bertz CT molecular complexity index is 1250. The van der Waals surface area contributed by atoms with Crippen molar-refractivity contribution in [2.24, 2.45) is 0 Å². The van der Waals surface area contributed by atoms with Crippen molar-refractivity contribution >= 4 is 17.4 Å². The van der Waals surface area contributed by atoms with Crippen LogP contribution in [0.1, 0.15) is 36.1 Å². The van der Waals surface area contributed by atoms with E-state index in [2.05, 4.69) is 4.98 Å². The zero-order chi connectivity index (χ0) is 24.9. The summed E-state index contributed by atoms with van der Waals surface area (Å²) in [5, 5.41) is 21.3. The number of rotatable bonds is 8. The summed E-state index contributed by atoms with van der Waals surface area (Å²) in [6.07, 6.45) is 4.09. The molecular weight excluding hydrogens is 448 g/mol. The minimum atomic E-state index is -0.902. The number of Topliss-reactive ketones (excluding diaryl/α,β-unsaturated/α-hetero) is 1. The normalized spacial score (nSPS) is 17.0. The van der Waals surface area contributed by atoms with E-state index in [1.54, 1.807) is 60.9 Å². The smallest absolute Gasteiger partial charge is 0.295 e. The van der Waals surface area contributed by atoms with Crippen LogP contribution in [0, 0.1) is 0 Å². The van der Waals surface area contributed by atoms with Crippen LogP contribution in [0.2, 0.25) is 0 Å². The van der Waals surface area contributed by atoms with Crippen LogP contribution in [0.15, 0.2) is 72.6 Å². The fraction of sp³-hybridized carbons (Fsp3) is 0.222. The third kappa shape index (κ3) is 4.82. The summed E-state index contributed by atoms with van der Waals surface area (Å²) in [6.45, 7) is 2.67. The van der Waals surface area contributed by atoms with Crippen LogP contribution in [0.3, 0.4) is 0 Å². The fourth-order valence-electron chi connectivity index (χ4n) is 4.03. The number of ketones is 1. The molecule has 1 fully saturated rings. The minimum absolute atomic E-state index is 0.0474. The molecule has 8 nitrogen and oxygen atoms in total. The molecule has 0 unspecified atom stereocenters. The molecular formula is C27H26N2O6. The number of benzene rings is 2. The number of carbonyl (C=O) groups excluding carboxylic acids is 2. The Kier molecular flexibility index (Phi) is 7.01. The van der Waals surface area contributed by atoms with E-state index < -0.39 is 17.7 Å². The predicted octanol–water partition coefficient (Wildman–Crippen LogP) is 4.21. The van der Waals surface area contributed by atoms with Crippen molar-refractivity contribution in [2.45, 2.75) is 25.9 Å². The number of methoxy groups -OCH3 is 1. The second-order valence-electron chi connectivity index (χ2n) is 8.09. The van der Waals surface area contributed by atoms with Gasteiger partial charge in [0.15, 0.2) is 11.5 Å². The highest BCUT2D eigenvalue weighted by Gasteiger charge is 2.46. The first-order chi connectivity index (χ1) is 16.9. The molecule has 1 aliphatic rings. The topological polar surface area (TPSA) is 109 Å². The number of phenolic OH excluding ortho intramolecular Hbond substituents is 1. The van der Waals surface area contributed by atoms with E-state index in [1.165, 1.54) is 18.1 Å². The van der Waals surface area contributed by atoms with Gasteiger partial charge in [0, 0.05) is 24.5 Å². The second-order valence-corrected chi connectivity index (χ2v) is 8.09. The molecule has 2 N–H and O–H groups in total. The molecule has 2 aromatic carbocycles. The lowest BCUT2D eigenvalue weighted by Crippen LogP contribution is -2.29.